The molecule has 0 rings (SSSR count). The van der Waals surface area contributed by atoms with Crippen molar-refractivity contribution in [1.82, 2.24) is 0 Å². The van der Waals surface area contributed by atoms with Crippen LogP contribution in [0, 0.1) is 0 Å². The number of hydrogen-bond donors (Lipinski definition) is 0. The van der Waals surface area contributed by atoms with Gasteiger partial charge in [-0.3, -0.25) is 0 Å². The predicted molar refractivity (Wildman–Crippen MR) is 36.5 cm³/mol. The van der Waals surface area contributed by atoms with E-state index in [1.54, 1.807) is 0 Å². The van der Waals surface area contributed by atoms with Gasteiger partial charge in [-0.15, -0.1) is 6.58 Å². The molecule has 0 heterocycles. The molecule has 0 aliphatic heterocycles. The van der Waals surface area contributed by atoms with Crippen LogP contribution >= 0.6 is 12.6 Å². The molecule has 0 saturated carbocycles. The van der Waals surface area contributed by atoms with Crippen molar-refractivity contribution in [3.8, 4) is 0 Å². The third kappa shape index (κ3) is 6.09. The van der Waals surface area contributed by atoms with E-state index in [2.05, 4.69) is 6.58 Å². The summed E-state index contributed by atoms with van der Waals surface area (Å²) in [5.41, 5.74) is 1.18. The summed E-state index contributed by atoms with van der Waals surface area (Å²) in [4.78, 5) is 0. The molecule has 0 saturated heterocycles. The number of rotatable bonds is 2. The average Bonchev–Trinajstić information content (AvgIpc) is 1.27. The van der Waals surface area contributed by atoms with Crippen LogP contribution in [0.3, 0.4) is 0 Å². The zero-order valence-corrected chi connectivity index (χ0v) is 5.72. The Morgan fingerprint density at radius 3 is 2.29 bits per heavy atom. The van der Waals surface area contributed by atoms with Gasteiger partial charge in [-0.25, -0.2) is 0 Å². The molecule has 0 spiro atoms. The molecule has 0 aromatic rings. The van der Waals surface area contributed by atoms with Crippen LogP contribution in [0.1, 0.15) is 20.3 Å². The highest BCUT2D eigenvalue weighted by Gasteiger charge is 1.92. The van der Waals surface area contributed by atoms with Crippen molar-refractivity contribution in [2.45, 2.75) is 25.5 Å². The first-order chi connectivity index (χ1) is 3.13. The van der Waals surface area contributed by atoms with E-state index in [4.69, 9.17) is 12.6 Å². The summed E-state index contributed by atoms with van der Waals surface area (Å²) in [5.74, 6) is 0. The van der Waals surface area contributed by atoms with Gasteiger partial charge in [0.25, 0.3) is 0 Å². The fourth-order valence-corrected chi connectivity index (χ4v) is 0.775. The molecule has 1 heteroatoms. The zero-order chi connectivity index (χ0) is 5.86. The summed E-state index contributed by atoms with van der Waals surface area (Å²) < 4.78 is 0. The molecule has 0 nitrogen and oxygen atoms in total. The van der Waals surface area contributed by atoms with Crippen LogP contribution in [0.25, 0.3) is 0 Å². The minimum Gasteiger partial charge on any atom is -0.100 e. The summed E-state index contributed by atoms with van der Waals surface area (Å²) in [6.07, 6.45) is 0.981. The molecular weight excluding hydrogens is 104 g/mol. The van der Waals surface area contributed by atoms with Crippen molar-refractivity contribution < 1.29 is 0 Å². The molecule has 0 bridgehead atoms. The van der Waals surface area contributed by atoms with Crippen LogP contribution in [0.15, 0.2) is 12.2 Å². The van der Waals surface area contributed by atoms with Gasteiger partial charge < -0.3 is 0 Å². The highest BCUT2D eigenvalue weighted by Crippen LogP contribution is 2.05. The molecule has 1 radical (unpaired) electrons. The topological polar surface area (TPSA) is 0 Å². The first kappa shape index (κ1) is 7.09. The van der Waals surface area contributed by atoms with Crippen molar-refractivity contribution in [2.24, 2.45) is 0 Å². The second kappa shape index (κ2) is 3.14. The van der Waals surface area contributed by atoms with Crippen molar-refractivity contribution in [1.29, 1.82) is 0 Å². The summed E-state index contributed by atoms with van der Waals surface area (Å²) in [6, 6.07) is 0. The van der Waals surface area contributed by atoms with E-state index in [-0.39, 0.29) is 0 Å². The lowest BCUT2D eigenvalue weighted by molar-refractivity contribution is 0.937. The van der Waals surface area contributed by atoms with Crippen LogP contribution in [0.2, 0.25) is 0 Å². The van der Waals surface area contributed by atoms with E-state index in [1.165, 1.54) is 5.57 Å². The number of hydrogen-bond acceptors (Lipinski definition) is 0. The van der Waals surface area contributed by atoms with Crippen molar-refractivity contribution >= 4 is 12.6 Å². The smallest absolute Gasteiger partial charge is 0.0160 e. The van der Waals surface area contributed by atoms with Crippen molar-refractivity contribution in [3.63, 3.8) is 0 Å². The maximum absolute atomic E-state index is 4.89. The normalized spacial score (nSPS) is 13.6. The summed E-state index contributed by atoms with van der Waals surface area (Å²) in [6.45, 7) is 7.75. The van der Waals surface area contributed by atoms with Gasteiger partial charge in [0.15, 0.2) is 0 Å². The highest BCUT2D eigenvalue weighted by atomic mass is 32.1. The van der Waals surface area contributed by atoms with Crippen molar-refractivity contribution in [3.05, 3.63) is 12.2 Å². The Morgan fingerprint density at radius 2 is 2.29 bits per heavy atom. The van der Waals surface area contributed by atoms with E-state index in [9.17, 15) is 0 Å². The largest absolute Gasteiger partial charge is 0.100 e. The van der Waals surface area contributed by atoms with Gasteiger partial charge in [0, 0.05) is 5.25 Å². The fourth-order valence-electron chi connectivity index (χ4n) is 0.491. The maximum Gasteiger partial charge on any atom is 0.0160 e. The van der Waals surface area contributed by atoms with Crippen LogP contribution in [0.4, 0.5) is 0 Å². The standard InChI is InChI=1S/C6H11S/c1-5(2)4-6(3)7/h6H,1,4H2,2-3H3. The van der Waals surface area contributed by atoms with Gasteiger partial charge in [-0.2, -0.15) is 0 Å². The molecule has 0 aromatic heterocycles. The number of allylic oxidation sites excluding steroid dienone is 1. The minimum atomic E-state index is 0.359. The summed E-state index contributed by atoms with van der Waals surface area (Å²) in [5, 5.41) is 0.359. The Morgan fingerprint density at radius 1 is 1.86 bits per heavy atom. The monoisotopic (exact) mass is 115 g/mol. The minimum absolute atomic E-state index is 0.359. The van der Waals surface area contributed by atoms with E-state index in [0.29, 0.717) is 5.25 Å². The lowest BCUT2D eigenvalue weighted by Gasteiger charge is -1.98. The lowest BCUT2D eigenvalue weighted by Crippen LogP contribution is -1.88. The lowest BCUT2D eigenvalue weighted by atomic mass is 10.2. The van der Waals surface area contributed by atoms with Crippen molar-refractivity contribution in [2.75, 3.05) is 0 Å². The van der Waals surface area contributed by atoms with E-state index in [0.717, 1.165) is 6.42 Å². The Kier molecular flexibility index (Phi) is 3.18. The maximum atomic E-state index is 4.89. The molecular formula is C6H11S. The third-order valence-corrected chi connectivity index (χ3v) is 0.803. The predicted octanol–water partition coefficient (Wildman–Crippen LogP) is 2.54. The van der Waals surface area contributed by atoms with Gasteiger partial charge in [-0.05, 0) is 13.3 Å². The molecule has 0 amide bonds. The van der Waals surface area contributed by atoms with E-state index < -0.39 is 0 Å². The van der Waals surface area contributed by atoms with E-state index in [1.807, 2.05) is 13.8 Å². The molecule has 1 atom stereocenters. The molecule has 0 N–H and O–H groups in total. The summed E-state index contributed by atoms with van der Waals surface area (Å²) >= 11 is 4.89. The Balaban J connectivity index is 3.13. The second-order valence-corrected chi connectivity index (χ2v) is 2.78. The van der Waals surface area contributed by atoms with Gasteiger partial charge in [0.1, 0.15) is 0 Å². The van der Waals surface area contributed by atoms with Crippen LogP contribution in [0.5, 0.6) is 0 Å². The fraction of sp³-hybridized carbons (Fsp3) is 0.667. The third-order valence-electron chi connectivity index (χ3n) is 0.636. The van der Waals surface area contributed by atoms with Gasteiger partial charge in [0.2, 0.25) is 0 Å². The first-order valence-electron chi connectivity index (χ1n) is 2.43. The SMILES string of the molecule is C=C(C)CC(C)[S]. The zero-order valence-electron chi connectivity index (χ0n) is 4.90. The van der Waals surface area contributed by atoms with Gasteiger partial charge in [0.05, 0.1) is 0 Å². The Bertz CT molecular complexity index is 64.6. The molecule has 7 heavy (non-hydrogen) atoms. The summed E-state index contributed by atoms with van der Waals surface area (Å²) in [7, 11) is 0. The van der Waals surface area contributed by atoms with Gasteiger partial charge >= 0.3 is 0 Å². The molecule has 0 aliphatic rings. The highest BCUT2D eigenvalue weighted by molar-refractivity contribution is 7.80. The molecule has 1 unspecified atom stereocenters. The Hall–Kier alpha value is 0.0900. The average molecular weight is 115 g/mol. The molecule has 0 aliphatic carbocycles. The van der Waals surface area contributed by atoms with E-state index >= 15 is 0 Å². The molecule has 0 fully saturated rings. The molecule has 0 aromatic carbocycles. The quantitative estimate of drug-likeness (QED) is 0.485. The van der Waals surface area contributed by atoms with Crippen LogP contribution < -0.4 is 0 Å². The molecule has 41 valence electrons. The van der Waals surface area contributed by atoms with Crippen LogP contribution in [-0.2, 0) is 0 Å². The first-order valence-corrected chi connectivity index (χ1v) is 2.90. The Labute approximate surface area is 51.0 Å². The van der Waals surface area contributed by atoms with Crippen LogP contribution in [-0.4, -0.2) is 5.25 Å². The second-order valence-electron chi connectivity index (χ2n) is 1.97. The van der Waals surface area contributed by atoms with Gasteiger partial charge in [-0.1, -0.05) is 25.1 Å².